The second-order valence-corrected chi connectivity index (χ2v) is 3.13. The molecule has 2 nitrogen and oxygen atoms in total. The Hall–Kier alpha value is 0.400. The van der Waals surface area contributed by atoms with Crippen LogP contribution in [0.1, 0.15) is 6.42 Å². The Bertz CT molecular complexity index is 68.7. The van der Waals surface area contributed by atoms with Gasteiger partial charge in [-0.05, 0) is 6.42 Å². The van der Waals surface area contributed by atoms with Crippen molar-refractivity contribution >= 4 is 15.9 Å². The van der Waals surface area contributed by atoms with Gasteiger partial charge in [0, 0.05) is 31.0 Å². The van der Waals surface area contributed by atoms with Gasteiger partial charge in [-0.25, -0.2) is 0 Å². The molecule has 0 aromatic heterocycles. The Balaban J connectivity index is 2.08. The van der Waals surface area contributed by atoms with Gasteiger partial charge in [-0.15, -0.1) is 0 Å². The number of hydrogen-bond acceptors (Lipinski definition) is 2. The molecular weight excluding hydrogens is 180 g/mol. The highest BCUT2D eigenvalue weighted by Gasteiger charge is 2.09. The smallest absolute Gasteiger partial charge is 0.0200 e. The highest BCUT2D eigenvalue weighted by molar-refractivity contribution is 9.09. The Morgan fingerprint density at radius 3 is 2.89 bits per heavy atom. The summed E-state index contributed by atoms with van der Waals surface area (Å²) in [5.41, 5.74) is 0. The molecular formula is C6H13BrN2. The third-order valence-corrected chi connectivity index (χ3v) is 2.04. The van der Waals surface area contributed by atoms with E-state index in [4.69, 9.17) is 0 Å². The van der Waals surface area contributed by atoms with Gasteiger partial charge in [0.25, 0.3) is 0 Å². The summed E-state index contributed by atoms with van der Waals surface area (Å²) in [4.78, 5) is 0. The molecule has 0 bridgehead atoms. The summed E-state index contributed by atoms with van der Waals surface area (Å²) in [6.45, 7) is 3.38. The summed E-state index contributed by atoms with van der Waals surface area (Å²) in [5.74, 6) is 0. The fourth-order valence-electron chi connectivity index (χ4n) is 1.05. The summed E-state index contributed by atoms with van der Waals surface area (Å²) in [7, 11) is 0. The van der Waals surface area contributed by atoms with Crippen molar-refractivity contribution < 1.29 is 0 Å². The summed E-state index contributed by atoms with van der Waals surface area (Å²) in [6.07, 6.45) is 1.23. The molecule has 1 heterocycles. The molecule has 1 saturated heterocycles. The summed E-state index contributed by atoms with van der Waals surface area (Å²) in [5, 5.41) is 7.87. The zero-order valence-electron chi connectivity index (χ0n) is 5.49. The van der Waals surface area contributed by atoms with Crippen LogP contribution in [0, 0.1) is 0 Å². The molecule has 0 aromatic carbocycles. The first-order valence-electron chi connectivity index (χ1n) is 3.43. The fraction of sp³-hybridized carbons (Fsp3) is 1.00. The fourth-order valence-corrected chi connectivity index (χ4v) is 1.60. The average molecular weight is 193 g/mol. The van der Waals surface area contributed by atoms with Gasteiger partial charge in [-0.3, -0.25) is 0 Å². The van der Waals surface area contributed by atoms with Crippen LogP contribution in [0.15, 0.2) is 0 Å². The number of alkyl halides is 1. The van der Waals surface area contributed by atoms with Crippen LogP contribution in [0.25, 0.3) is 0 Å². The molecule has 1 atom stereocenters. The van der Waals surface area contributed by atoms with Crippen molar-refractivity contribution in [3.8, 4) is 0 Å². The van der Waals surface area contributed by atoms with Crippen molar-refractivity contribution in [2.24, 2.45) is 0 Å². The Morgan fingerprint density at radius 1 is 1.44 bits per heavy atom. The van der Waals surface area contributed by atoms with Gasteiger partial charge in [-0.2, -0.15) is 0 Å². The molecule has 0 radical (unpaired) electrons. The van der Waals surface area contributed by atoms with E-state index in [0.29, 0.717) is 6.04 Å². The molecule has 0 spiro atoms. The zero-order chi connectivity index (χ0) is 6.53. The average Bonchev–Trinajstić information content (AvgIpc) is 1.91. The van der Waals surface area contributed by atoms with Crippen molar-refractivity contribution in [3.63, 3.8) is 0 Å². The molecule has 0 amide bonds. The lowest BCUT2D eigenvalue weighted by Crippen LogP contribution is -2.48. The highest BCUT2D eigenvalue weighted by Crippen LogP contribution is 1.96. The second-order valence-electron chi connectivity index (χ2n) is 2.33. The summed E-state index contributed by atoms with van der Waals surface area (Å²) >= 11 is 3.42. The molecule has 54 valence electrons. The van der Waals surface area contributed by atoms with Gasteiger partial charge in [-0.1, -0.05) is 15.9 Å². The van der Waals surface area contributed by atoms with Gasteiger partial charge in [0.05, 0.1) is 0 Å². The summed E-state index contributed by atoms with van der Waals surface area (Å²) < 4.78 is 0. The first-order chi connectivity index (χ1) is 4.43. The minimum absolute atomic E-state index is 0.693. The van der Waals surface area contributed by atoms with Crippen LogP contribution in [-0.4, -0.2) is 31.0 Å². The SMILES string of the molecule is BrCC[C@@H]1CNCCN1. The van der Waals surface area contributed by atoms with Crippen LogP contribution in [0.5, 0.6) is 0 Å². The number of hydrogen-bond donors (Lipinski definition) is 2. The maximum atomic E-state index is 3.43. The largest absolute Gasteiger partial charge is 0.314 e. The van der Waals surface area contributed by atoms with E-state index in [2.05, 4.69) is 26.6 Å². The molecule has 0 saturated carbocycles. The molecule has 0 aromatic rings. The van der Waals surface area contributed by atoms with Crippen molar-refractivity contribution in [1.29, 1.82) is 0 Å². The van der Waals surface area contributed by atoms with E-state index < -0.39 is 0 Å². The predicted molar refractivity (Wildman–Crippen MR) is 43.1 cm³/mol. The molecule has 2 N–H and O–H groups in total. The molecule has 3 heteroatoms. The second kappa shape index (κ2) is 4.25. The molecule has 0 aliphatic carbocycles. The Morgan fingerprint density at radius 2 is 2.33 bits per heavy atom. The highest BCUT2D eigenvalue weighted by atomic mass is 79.9. The number of rotatable bonds is 2. The normalized spacial score (nSPS) is 28.3. The minimum Gasteiger partial charge on any atom is -0.314 e. The third-order valence-electron chi connectivity index (χ3n) is 1.58. The predicted octanol–water partition coefficient (Wildman–Crippen LogP) is 0.333. The lowest BCUT2D eigenvalue weighted by molar-refractivity contribution is 0.412. The maximum Gasteiger partial charge on any atom is 0.0200 e. The zero-order valence-corrected chi connectivity index (χ0v) is 7.08. The monoisotopic (exact) mass is 192 g/mol. The van der Waals surface area contributed by atoms with Crippen molar-refractivity contribution in [2.75, 3.05) is 25.0 Å². The van der Waals surface area contributed by atoms with Crippen LogP contribution >= 0.6 is 15.9 Å². The van der Waals surface area contributed by atoms with Crippen LogP contribution in [0.4, 0.5) is 0 Å². The van der Waals surface area contributed by atoms with Crippen LogP contribution in [0.3, 0.4) is 0 Å². The van der Waals surface area contributed by atoms with Gasteiger partial charge < -0.3 is 10.6 Å². The summed E-state index contributed by atoms with van der Waals surface area (Å²) in [6, 6.07) is 0.693. The molecule has 1 aliphatic rings. The van der Waals surface area contributed by atoms with Crippen molar-refractivity contribution in [3.05, 3.63) is 0 Å². The first kappa shape index (κ1) is 7.51. The van der Waals surface area contributed by atoms with E-state index in [-0.39, 0.29) is 0 Å². The molecule has 0 unspecified atom stereocenters. The third kappa shape index (κ3) is 2.65. The van der Waals surface area contributed by atoms with E-state index in [1.807, 2.05) is 0 Å². The first-order valence-corrected chi connectivity index (χ1v) is 4.55. The van der Waals surface area contributed by atoms with Gasteiger partial charge in [0.1, 0.15) is 0 Å². The molecule has 1 fully saturated rings. The van der Waals surface area contributed by atoms with Crippen LogP contribution in [0.2, 0.25) is 0 Å². The van der Waals surface area contributed by atoms with Crippen LogP contribution in [-0.2, 0) is 0 Å². The maximum absolute atomic E-state index is 3.43. The van der Waals surface area contributed by atoms with Crippen molar-refractivity contribution in [1.82, 2.24) is 10.6 Å². The Labute approximate surface area is 64.5 Å². The van der Waals surface area contributed by atoms with E-state index >= 15 is 0 Å². The van der Waals surface area contributed by atoms with Crippen LogP contribution < -0.4 is 10.6 Å². The topological polar surface area (TPSA) is 24.1 Å². The Kier molecular flexibility index (Phi) is 3.55. The van der Waals surface area contributed by atoms with E-state index in [1.165, 1.54) is 6.42 Å². The van der Waals surface area contributed by atoms with Crippen molar-refractivity contribution in [2.45, 2.75) is 12.5 Å². The number of halogens is 1. The van der Waals surface area contributed by atoms with Gasteiger partial charge >= 0.3 is 0 Å². The number of nitrogens with one attached hydrogen (secondary N) is 2. The quantitative estimate of drug-likeness (QED) is 0.617. The number of piperazine rings is 1. The van der Waals surface area contributed by atoms with E-state index in [9.17, 15) is 0 Å². The van der Waals surface area contributed by atoms with E-state index in [0.717, 1.165) is 25.0 Å². The molecule has 1 aliphatic heterocycles. The van der Waals surface area contributed by atoms with E-state index in [1.54, 1.807) is 0 Å². The lowest BCUT2D eigenvalue weighted by Gasteiger charge is -2.23. The molecule has 9 heavy (non-hydrogen) atoms. The van der Waals surface area contributed by atoms with Gasteiger partial charge in [0.2, 0.25) is 0 Å². The molecule has 1 rings (SSSR count). The standard InChI is InChI=1S/C6H13BrN2/c7-2-1-6-5-8-3-4-9-6/h6,8-9H,1-5H2/t6-/m1/s1. The minimum atomic E-state index is 0.693. The lowest BCUT2D eigenvalue weighted by atomic mass is 10.2. The van der Waals surface area contributed by atoms with Gasteiger partial charge in [0.15, 0.2) is 0 Å².